The molecule has 5 nitrogen and oxygen atoms in total. The van der Waals surface area contributed by atoms with E-state index >= 15 is 0 Å². The monoisotopic (exact) mass is 249 g/mol. The minimum atomic E-state index is -3.86. The van der Waals surface area contributed by atoms with Crippen molar-refractivity contribution in [2.75, 3.05) is 6.61 Å². The fourth-order valence-electron chi connectivity index (χ4n) is 1.47. The Kier molecular flexibility index (Phi) is 2.57. The summed E-state index contributed by atoms with van der Waals surface area (Å²) in [5, 5.41) is 0. The Bertz CT molecular complexity index is 548. The Morgan fingerprint density at radius 1 is 1.40 bits per heavy atom. The van der Waals surface area contributed by atoms with Crippen molar-refractivity contribution in [3.05, 3.63) is 28.2 Å². The Balaban J connectivity index is 2.65. The molecule has 0 amide bonds. The molecule has 0 N–H and O–H groups in total. The van der Waals surface area contributed by atoms with Crippen LogP contribution in [0.1, 0.15) is 5.69 Å². The minimum Gasteiger partial charge on any atom is -0.373 e. The molecule has 0 fully saturated rings. The second-order valence-electron chi connectivity index (χ2n) is 3.16. The van der Waals surface area contributed by atoms with Crippen LogP contribution >= 0.6 is 10.7 Å². The van der Waals surface area contributed by atoms with E-state index in [4.69, 9.17) is 15.4 Å². The summed E-state index contributed by atoms with van der Waals surface area (Å²) in [6.45, 7) is 1.13. The highest BCUT2D eigenvalue weighted by Gasteiger charge is 2.17. The lowest BCUT2D eigenvalue weighted by atomic mass is 10.3. The van der Waals surface area contributed by atoms with E-state index in [9.17, 15) is 13.2 Å². The molecule has 82 valence electrons. The molecule has 0 radical (unpaired) electrons. The summed E-state index contributed by atoms with van der Waals surface area (Å²) in [5.41, 5.74) is 0.169. The molecule has 0 saturated carbocycles. The van der Waals surface area contributed by atoms with Gasteiger partial charge in [-0.25, -0.2) is 8.42 Å². The Hall–Kier alpha value is -0.850. The quantitative estimate of drug-likeness (QED) is 0.672. The molecule has 0 atom stereocenters. The first-order chi connectivity index (χ1) is 6.98. The fraction of sp³-hybridized carbons (Fsp3) is 0.375. The van der Waals surface area contributed by atoms with Gasteiger partial charge in [0.1, 0.15) is 0 Å². The second kappa shape index (κ2) is 3.62. The number of nitrogens with zero attached hydrogens (tertiary/aromatic N) is 1. The van der Waals surface area contributed by atoms with Crippen molar-refractivity contribution >= 4 is 19.7 Å². The first-order valence-corrected chi connectivity index (χ1v) is 6.55. The molecule has 1 aliphatic heterocycles. The summed E-state index contributed by atoms with van der Waals surface area (Å²) in [4.78, 5) is 11.3. The molecule has 0 aliphatic carbocycles. The lowest BCUT2D eigenvalue weighted by Crippen LogP contribution is -2.29. The predicted octanol–water partition coefficient (Wildman–Crippen LogP) is 0.306. The zero-order valence-electron chi connectivity index (χ0n) is 7.64. The van der Waals surface area contributed by atoms with E-state index in [-0.39, 0.29) is 17.1 Å². The van der Waals surface area contributed by atoms with E-state index in [0.717, 1.165) is 6.07 Å². The summed E-state index contributed by atoms with van der Waals surface area (Å²) in [6, 6.07) is 2.39. The van der Waals surface area contributed by atoms with Crippen LogP contribution in [0.4, 0.5) is 0 Å². The molecule has 7 heteroatoms. The summed E-state index contributed by atoms with van der Waals surface area (Å²) < 4.78 is 28.7. The van der Waals surface area contributed by atoms with Crippen molar-refractivity contribution in [2.45, 2.75) is 18.0 Å². The topological polar surface area (TPSA) is 65.4 Å². The van der Waals surface area contributed by atoms with Crippen LogP contribution in [-0.4, -0.2) is 19.6 Å². The van der Waals surface area contributed by atoms with Crippen LogP contribution in [0.3, 0.4) is 0 Å². The van der Waals surface area contributed by atoms with Crippen LogP contribution < -0.4 is 5.56 Å². The molecular weight excluding hydrogens is 242 g/mol. The van der Waals surface area contributed by atoms with Crippen molar-refractivity contribution < 1.29 is 13.2 Å². The van der Waals surface area contributed by atoms with Gasteiger partial charge in [-0.3, -0.25) is 4.79 Å². The molecule has 0 saturated heterocycles. The summed E-state index contributed by atoms with van der Waals surface area (Å²) in [6.07, 6.45) is 0. The lowest BCUT2D eigenvalue weighted by molar-refractivity contribution is 0.0821. The SMILES string of the molecule is O=c1cc(S(=O)(=O)Cl)cc2n1CCOC2. The van der Waals surface area contributed by atoms with E-state index in [0.29, 0.717) is 18.8 Å². The van der Waals surface area contributed by atoms with Gasteiger partial charge in [0.2, 0.25) is 0 Å². The van der Waals surface area contributed by atoms with Gasteiger partial charge in [-0.05, 0) is 6.07 Å². The number of hydrogen-bond donors (Lipinski definition) is 0. The maximum Gasteiger partial charge on any atom is 0.261 e. The number of hydrogen-bond acceptors (Lipinski definition) is 4. The number of pyridine rings is 1. The standard InChI is InChI=1S/C8H8ClNO4S/c9-15(12,13)7-3-6-5-14-2-1-10(6)8(11)4-7/h3-4H,1-2,5H2. The number of halogens is 1. The third-order valence-electron chi connectivity index (χ3n) is 2.18. The van der Waals surface area contributed by atoms with Crippen LogP contribution in [0.25, 0.3) is 0 Å². The maximum absolute atomic E-state index is 11.5. The molecule has 1 aliphatic rings. The lowest BCUT2D eigenvalue weighted by Gasteiger charge is -2.18. The number of aromatic nitrogens is 1. The third-order valence-corrected chi connectivity index (χ3v) is 3.51. The maximum atomic E-state index is 11.5. The number of ether oxygens (including phenoxy) is 1. The zero-order chi connectivity index (χ0) is 11.1. The van der Waals surface area contributed by atoms with Crippen LogP contribution in [0.2, 0.25) is 0 Å². The molecule has 0 bridgehead atoms. The molecule has 15 heavy (non-hydrogen) atoms. The van der Waals surface area contributed by atoms with Crippen molar-refractivity contribution in [1.82, 2.24) is 4.57 Å². The van der Waals surface area contributed by atoms with Crippen LogP contribution in [0.15, 0.2) is 21.8 Å². The third kappa shape index (κ3) is 2.06. The van der Waals surface area contributed by atoms with E-state index in [1.54, 1.807) is 0 Å². The highest BCUT2D eigenvalue weighted by atomic mass is 35.7. The van der Waals surface area contributed by atoms with Gasteiger partial charge in [-0.1, -0.05) is 0 Å². The molecule has 1 aromatic heterocycles. The van der Waals surface area contributed by atoms with Gasteiger partial charge in [-0.15, -0.1) is 0 Å². The van der Waals surface area contributed by atoms with Gasteiger partial charge in [0.25, 0.3) is 14.6 Å². The van der Waals surface area contributed by atoms with Crippen molar-refractivity contribution in [1.29, 1.82) is 0 Å². The molecular formula is C8H8ClNO4S. The Morgan fingerprint density at radius 3 is 2.80 bits per heavy atom. The molecule has 0 aromatic carbocycles. The van der Waals surface area contributed by atoms with E-state index in [1.165, 1.54) is 10.6 Å². The average Bonchev–Trinajstić information content (AvgIpc) is 2.16. The van der Waals surface area contributed by atoms with Gasteiger partial charge in [-0.2, -0.15) is 0 Å². The van der Waals surface area contributed by atoms with E-state index < -0.39 is 9.05 Å². The van der Waals surface area contributed by atoms with Crippen LogP contribution in [0, 0.1) is 0 Å². The first kappa shape index (κ1) is 10.7. The summed E-state index contributed by atoms with van der Waals surface area (Å²) in [5.74, 6) is 0. The van der Waals surface area contributed by atoms with Gasteiger partial charge in [0.15, 0.2) is 0 Å². The van der Waals surface area contributed by atoms with Gasteiger partial charge >= 0.3 is 0 Å². The molecule has 1 aromatic rings. The van der Waals surface area contributed by atoms with Gasteiger partial charge < -0.3 is 9.30 Å². The number of fused-ring (bicyclic) bond motifs is 1. The largest absolute Gasteiger partial charge is 0.373 e. The highest BCUT2D eigenvalue weighted by molar-refractivity contribution is 8.13. The zero-order valence-corrected chi connectivity index (χ0v) is 9.21. The van der Waals surface area contributed by atoms with E-state index in [1.807, 2.05) is 0 Å². The molecule has 0 spiro atoms. The predicted molar refractivity (Wildman–Crippen MR) is 53.4 cm³/mol. The fourth-order valence-corrected chi connectivity index (χ4v) is 2.26. The minimum absolute atomic E-state index is 0.175. The average molecular weight is 250 g/mol. The van der Waals surface area contributed by atoms with Crippen LogP contribution in [0.5, 0.6) is 0 Å². The Labute approximate surface area is 90.7 Å². The van der Waals surface area contributed by atoms with Gasteiger partial charge in [0.05, 0.1) is 18.1 Å². The molecule has 2 heterocycles. The smallest absolute Gasteiger partial charge is 0.261 e. The van der Waals surface area contributed by atoms with E-state index in [2.05, 4.69) is 0 Å². The van der Waals surface area contributed by atoms with Crippen molar-refractivity contribution in [3.63, 3.8) is 0 Å². The number of rotatable bonds is 1. The molecule has 2 rings (SSSR count). The summed E-state index contributed by atoms with van der Waals surface area (Å²) >= 11 is 0. The second-order valence-corrected chi connectivity index (χ2v) is 5.73. The van der Waals surface area contributed by atoms with Crippen molar-refractivity contribution in [2.24, 2.45) is 0 Å². The normalized spacial score (nSPS) is 16.1. The first-order valence-electron chi connectivity index (χ1n) is 4.24. The van der Waals surface area contributed by atoms with Crippen molar-refractivity contribution in [3.8, 4) is 0 Å². The Morgan fingerprint density at radius 2 is 2.13 bits per heavy atom. The van der Waals surface area contributed by atoms with Crippen LogP contribution in [-0.2, 0) is 26.9 Å². The highest BCUT2D eigenvalue weighted by Crippen LogP contribution is 2.16. The summed E-state index contributed by atoms with van der Waals surface area (Å²) in [7, 11) is 1.30. The van der Waals surface area contributed by atoms with Gasteiger partial charge in [0, 0.05) is 29.0 Å². The molecule has 0 unspecified atom stereocenters.